The van der Waals surface area contributed by atoms with E-state index in [4.69, 9.17) is 4.74 Å². The van der Waals surface area contributed by atoms with Crippen LogP contribution in [0.2, 0.25) is 0 Å². The molecule has 2 aromatic rings. The highest BCUT2D eigenvalue weighted by atomic mass is 16.5. The summed E-state index contributed by atoms with van der Waals surface area (Å²) in [4.78, 5) is 14.6. The third kappa shape index (κ3) is 3.69. The van der Waals surface area contributed by atoms with Gasteiger partial charge in [-0.3, -0.25) is 4.79 Å². The molecule has 0 aromatic heterocycles. The van der Waals surface area contributed by atoms with Crippen molar-refractivity contribution in [2.45, 2.75) is 39.5 Å². The van der Waals surface area contributed by atoms with Gasteiger partial charge in [-0.15, -0.1) is 0 Å². The van der Waals surface area contributed by atoms with Gasteiger partial charge in [-0.05, 0) is 62.6 Å². The average molecular weight is 355 g/mol. The number of hydrogen-bond acceptors (Lipinski definition) is 3. The number of rotatable bonds is 9. The highest BCUT2D eigenvalue weighted by Gasteiger charge is 2.40. The van der Waals surface area contributed by atoms with Crippen LogP contribution in [0.4, 0.5) is 5.69 Å². The average Bonchev–Trinajstić information content (AvgIpc) is 2.66. The quantitative estimate of drug-likeness (QED) is 0.707. The van der Waals surface area contributed by atoms with Crippen LogP contribution in [0.15, 0.2) is 48.5 Å². The lowest BCUT2D eigenvalue weighted by Crippen LogP contribution is -2.36. The van der Waals surface area contributed by atoms with Crippen LogP contribution in [-0.4, -0.2) is 30.8 Å². The molecule has 0 spiro atoms. The third-order valence-corrected chi connectivity index (χ3v) is 5.04. The Kier molecular flexibility index (Phi) is 6.67. The van der Waals surface area contributed by atoms with Crippen LogP contribution < -0.4 is 9.64 Å². The Morgan fingerprint density at radius 2 is 1.42 bits per heavy atom. The van der Waals surface area contributed by atoms with Crippen LogP contribution in [0.5, 0.6) is 5.75 Å². The molecule has 0 aliphatic heterocycles. The maximum absolute atomic E-state index is 12.4. The van der Waals surface area contributed by atoms with Gasteiger partial charge in [0.05, 0.1) is 6.61 Å². The second-order valence-corrected chi connectivity index (χ2v) is 6.24. The van der Waals surface area contributed by atoms with Gasteiger partial charge in [0.2, 0.25) is 0 Å². The summed E-state index contributed by atoms with van der Waals surface area (Å²) in [7, 11) is 0. The lowest BCUT2D eigenvalue weighted by Gasteiger charge is -2.30. The molecule has 1 atom stereocenters. The summed E-state index contributed by atoms with van der Waals surface area (Å²) >= 11 is 0. The molecule has 2 aromatic carbocycles. The number of aliphatic carboxylic acids is 1. The smallest absolute Gasteiger partial charge is 0.318 e. The van der Waals surface area contributed by atoms with Gasteiger partial charge in [-0.25, -0.2) is 0 Å². The minimum Gasteiger partial charge on any atom is -0.494 e. The van der Waals surface area contributed by atoms with Crippen molar-refractivity contribution >= 4 is 11.7 Å². The number of carboxylic acid groups (broad SMARTS) is 1. The second-order valence-electron chi connectivity index (χ2n) is 6.24. The van der Waals surface area contributed by atoms with Crippen molar-refractivity contribution in [3.05, 3.63) is 59.7 Å². The van der Waals surface area contributed by atoms with E-state index in [2.05, 4.69) is 18.7 Å². The number of hydrogen-bond donors (Lipinski definition) is 1. The number of nitrogens with zero attached hydrogens (tertiary/aromatic N) is 1. The molecule has 1 N–H and O–H groups in total. The lowest BCUT2D eigenvalue weighted by atomic mass is 9.72. The molecule has 0 saturated heterocycles. The van der Waals surface area contributed by atoms with Crippen molar-refractivity contribution in [2.24, 2.45) is 0 Å². The van der Waals surface area contributed by atoms with Crippen molar-refractivity contribution in [1.29, 1.82) is 0 Å². The fourth-order valence-corrected chi connectivity index (χ4v) is 3.52. The van der Waals surface area contributed by atoms with Crippen molar-refractivity contribution in [2.75, 3.05) is 24.6 Å². The molecule has 0 aliphatic rings. The largest absolute Gasteiger partial charge is 0.494 e. The highest BCUT2D eigenvalue weighted by Crippen LogP contribution is 2.37. The molecule has 0 fully saturated rings. The van der Waals surface area contributed by atoms with Crippen molar-refractivity contribution in [3.63, 3.8) is 0 Å². The Morgan fingerprint density at radius 3 is 1.81 bits per heavy atom. The third-order valence-electron chi connectivity index (χ3n) is 5.04. The molecule has 0 aliphatic carbocycles. The molecular formula is C22H29NO3. The Labute approximate surface area is 156 Å². The number of carbonyl (C=O) groups is 1. The summed E-state index contributed by atoms with van der Waals surface area (Å²) in [5.41, 5.74) is 1.62. The molecule has 0 bridgehead atoms. The van der Waals surface area contributed by atoms with E-state index in [1.165, 1.54) is 0 Å². The normalized spacial score (nSPS) is 13.1. The van der Waals surface area contributed by atoms with E-state index in [9.17, 15) is 9.90 Å². The number of carboxylic acids is 1. The van der Waals surface area contributed by atoms with Gasteiger partial charge in [0, 0.05) is 18.8 Å². The van der Waals surface area contributed by atoms with Crippen LogP contribution in [0.3, 0.4) is 0 Å². The Hall–Kier alpha value is -2.49. The van der Waals surface area contributed by atoms with E-state index < -0.39 is 11.4 Å². The van der Waals surface area contributed by atoms with Crippen molar-refractivity contribution in [1.82, 2.24) is 0 Å². The predicted molar refractivity (Wildman–Crippen MR) is 106 cm³/mol. The van der Waals surface area contributed by atoms with Gasteiger partial charge >= 0.3 is 5.97 Å². The molecule has 4 heteroatoms. The fourth-order valence-electron chi connectivity index (χ4n) is 3.52. The predicted octanol–water partition coefficient (Wildman–Crippen LogP) is 4.71. The van der Waals surface area contributed by atoms with E-state index >= 15 is 0 Å². The summed E-state index contributed by atoms with van der Waals surface area (Å²) in [6.07, 6.45) is 0.473. The molecular weight excluding hydrogens is 326 g/mol. The van der Waals surface area contributed by atoms with Gasteiger partial charge < -0.3 is 14.7 Å². The summed E-state index contributed by atoms with van der Waals surface area (Å²) in [5, 5.41) is 10.1. The van der Waals surface area contributed by atoms with Crippen LogP contribution in [0.25, 0.3) is 0 Å². The van der Waals surface area contributed by atoms with Gasteiger partial charge in [-0.2, -0.15) is 0 Å². The zero-order chi connectivity index (χ0) is 19.2. The van der Waals surface area contributed by atoms with Crippen LogP contribution in [0, 0.1) is 0 Å². The van der Waals surface area contributed by atoms with E-state index in [0.717, 1.165) is 35.7 Å². The van der Waals surface area contributed by atoms with Crippen LogP contribution in [0.1, 0.15) is 45.2 Å². The molecule has 0 radical (unpaired) electrons. The number of ether oxygens (including phenoxy) is 1. The second kappa shape index (κ2) is 8.75. The Bertz CT molecular complexity index is 705. The van der Waals surface area contributed by atoms with E-state index in [1.54, 1.807) is 0 Å². The van der Waals surface area contributed by atoms with E-state index in [-0.39, 0.29) is 0 Å². The summed E-state index contributed by atoms with van der Waals surface area (Å²) in [6.45, 7) is 10.5. The van der Waals surface area contributed by atoms with Crippen LogP contribution in [-0.2, 0) is 10.2 Å². The zero-order valence-corrected chi connectivity index (χ0v) is 16.2. The molecule has 0 heterocycles. The summed E-state index contributed by atoms with van der Waals surface area (Å²) in [6, 6.07) is 15.3. The first kappa shape index (κ1) is 19.8. The molecule has 2 rings (SSSR count). The van der Waals surface area contributed by atoms with Gasteiger partial charge in [0.15, 0.2) is 0 Å². The molecule has 0 saturated carbocycles. The summed E-state index contributed by atoms with van der Waals surface area (Å²) < 4.78 is 5.49. The van der Waals surface area contributed by atoms with E-state index in [0.29, 0.717) is 13.0 Å². The first-order valence-electron chi connectivity index (χ1n) is 9.35. The zero-order valence-electron chi connectivity index (χ0n) is 16.2. The maximum atomic E-state index is 12.4. The standard InChI is InChI=1S/C22H29NO3/c1-5-22(21(24)25,18-11-15-20(16-12-18)26-8-4)17-9-13-19(14-10-17)23(6-2)7-3/h9-16H,5-8H2,1-4H3,(H,24,25). The Balaban J connectivity index is 2.48. The Morgan fingerprint density at radius 1 is 0.923 bits per heavy atom. The maximum Gasteiger partial charge on any atom is 0.318 e. The molecule has 4 nitrogen and oxygen atoms in total. The fraction of sp³-hybridized carbons (Fsp3) is 0.409. The molecule has 26 heavy (non-hydrogen) atoms. The SMILES string of the molecule is CCOc1ccc(C(CC)(C(=O)O)c2ccc(N(CC)CC)cc2)cc1. The minimum atomic E-state index is -1.06. The van der Waals surface area contributed by atoms with Gasteiger partial charge in [0.25, 0.3) is 0 Å². The van der Waals surface area contributed by atoms with Crippen molar-refractivity contribution < 1.29 is 14.6 Å². The van der Waals surface area contributed by atoms with Crippen LogP contribution >= 0.6 is 0 Å². The number of anilines is 1. The monoisotopic (exact) mass is 355 g/mol. The molecule has 1 unspecified atom stereocenters. The molecule has 140 valence electrons. The van der Waals surface area contributed by atoms with Gasteiger partial charge in [0.1, 0.15) is 11.2 Å². The number of benzene rings is 2. The lowest BCUT2D eigenvalue weighted by molar-refractivity contribution is -0.142. The highest BCUT2D eigenvalue weighted by molar-refractivity contribution is 5.86. The molecule has 0 amide bonds. The first-order chi connectivity index (χ1) is 12.5. The minimum absolute atomic E-state index is 0.473. The van der Waals surface area contributed by atoms with Crippen molar-refractivity contribution in [3.8, 4) is 5.75 Å². The topological polar surface area (TPSA) is 49.8 Å². The van der Waals surface area contributed by atoms with Gasteiger partial charge in [-0.1, -0.05) is 31.2 Å². The summed E-state index contributed by atoms with van der Waals surface area (Å²) in [5.74, 6) is -0.0803. The first-order valence-corrected chi connectivity index (χ1v) is 9.35. The van der Waals surface area contributed by atoms with E-state index in [1.807, 2.05) is 62.4 Å².